The zero-order valence-corrected chi connectivity index (χ0v) is 17.8. The van der Waals surface area contributed by atoms with Gasteiger partial charge in [-0.3, -0.25) is 9.59 Å². The molecule has 2 saturated heterocycles. The summed E-state index contributed by atoms with van der Waals surface area (Å²) in [4.78, 5) is 27.4. The number of phenols is 1. The summed E-state index contributed by atoms with van der Waals surface area (Å²) >= 11 is 0. The highest BCUT2D eigenvalue weighted by Crippen LogP contribution is 2.24. The minimum atomic E-state index is -0.610. The number of piperazine rings is 1. The molecule has 0 bridgehead atoms. The number of nitrogens with zero attached hydrogens (tertiary/aromatic N) is 3. The number of aromatic nitrogens is 2. The number of amides is 2. The number of rotatable bonds is 6. The second-order valence-electron chi connectivity index (χ2n) is 8.52. The molecule has 0 saturated carbocycles. The Morgan fingerprint density at radius 3 is 2.76 bits per heavy atom. The molecule has 2 aliphatic rings. The lowest BCUT2D eigenvalue weighted by atomic mass is 10.0. The maximum Gasteiger partial charge on any atom is 0.246 e. The molecule has 0 radical (unpaired) electrons. The van der Waals surface area contributed by atoms with Crippen LogP contribution in [-0.2, 0) is 22.6 Å². The molecule has 2 aliphatic heterocycles. The largest absolute Gasteiger partial charge is 0.508 e. The number of benzene rings is 2. The third-order valence-corrected chi connectivity index (χ3v) is 6.18. The number of carbonyl (C=O) groups excluding carboxylic acids is 2. The first-order chi connectivity index (χ1) is 16.0. The van der Waals surface area contributed by atoms with Gasteiger partial charge in [-0.25, -0.2) is 9.07 Å². The van der Waals surface area contributed by atoms with Crippen molar-refractivity contribution in [2.45, 2.75) is 37.5 Å². The van der Waals surface area contributed by atoms with Crippen molar-refractivity contribution in [3.63, 3.8) is 0 Å². The molecule has 2 fully saturated rings. The Morgan fingerprint density at radius 1 is 1.15 bits per heavy atom. The first-order valence-electron chi connectivity index (χ1n) is 10.9. The van der Waals surface area contributed by atoms with Crippen molar-refractivity contribution in [1.29, 1.82) is 0 Å². The summed E-state index contributed by atoms with van der Waals surface area (Å²) in [5.74, 6) is -0.387. The smallest absolute Gasteiger partial charge is 0.246 e. The number of carbonyl (C=O) groups is 2. The van der Waals surface area contributed by atoms with Gasteiger partial charge in [-0.05, 0) is 42.3 Å². The Kier molecular flexibility index (Phi) is 5.55. The molecule has 3 heterocycles. The quantitative estimate of drug-likeness (QED) is 0.530. The van der Waals surface area contributed by atoms with E-state index in [2.05, 4.69) is 15.7 Å². The van der Waals surface area contributed by atoms with Crippen molar-refractivity contribution >= 4 is 11.8 Å². The molecule has 0 unspecified atom stereocenters. The molecule has 5 rings (SSSR count). The van der Waals surface area contributed by atoms with Crippen LogP contribution in [0.15, 0.2) is 60.9 Å². The molecule has 2 amide bonds. The molecule has 3 N–H and O–H groups in total. The molecular formula is C24H24FN5O3. The molecule has 0 aliphatic carbocycles. The van der Waals surface area contributed by atoms with Crippen molar-refractivity contribution in [3.8, 4) is 11.4 Å². The standard InChI is InChI=1S/C24H24FN5O3/c25-17-2-1-3-19(9-17)30-13-16(12-27-30)11-26-18-10-22-23(32)28-21(24(33)29(22)14-18)8-15-4-6-20(31)7-5-15/h1-7,9,12-13,18,21-22,26,31H,8,10-11,14H2,(H,28,32)/t18-,21+,22-/m0/s1. The predicted octanol–water partition coefficient (Wildman–Crippen LogP) is 1.52. The fraction of sp³-hybridized carbons (Fsp3) is 0.292. The average molecular weight is 449 g/mol. The molecule has 0 spiro atoms. The maximum absolute atomic E-state index is 13.5. The Hall–Kier alpha value is -3.72. The first-order valence-corrected chi connectivity index (χ1v) is 10.9. The Morgan fingerprint density at radius 2 is 1.97 bits per heavy atom. The molecule has 3 aromatic rings. The summed E-state index contributed by atoms with van der Waals surface area (Å²) in [5.41, 5.74) is 2.43. The fourth-order valence-corrected chi connectivity index (χ4v) is 4.49. The number of nitrogens with one attached hydrogen (secondary N) is 2. The van der Waals surface area contributed by atoms with Gasteiger partial charge in [0, 0.05) is 37.3 Å². The van der Waals surface area contributed by atoms with Crippen LogP contribution in [0.2, 0.25) is 0 Å². The highest BCUT2D eigenvalue weighted by atomic mass is 19.1. The van der Waals surface area contributed by atoms with Crippen LogP contribution in [0.4, 0.5) is 4.39 Å². The highest BCUT2D eigenvalue weighted by Gasteiger charge is 2.46. The molecule has 2 aromatic carbocycles. The van der Waals surface area contributed by atoms with E-state index in [0.29, 0.717) is 31.6 Å². The van der Waals surface area contributed by atoms with E-state index in [1.165, 1.54) is 12.1 Å². The van der Waals surface area contributed by atoms with E-state index >= 15 is 0 Å². The summed E-state index contributed by atoms with van der Waals surface area (Å²) in [6.07, 6.45) is 4.47. The lowest BCUT2D eigenvalue weighted by Gasteiger charge is -2.34. The van der Waals surface area contributed by atoms with Crippen LogP contribution in [0.25, 0.3) is 5.69 Å². The lowest BCUT2D eigenvalue weighted by Crippen LogP contribution is -2.61. The minimum absolute atomic E-state index is 0.0188. The van der Waals surface area contributed by atoms with Crippen LogP contribution in [0.5, 0.6) is 5.75 Å². The topological polar surface area (TPSA) is 99.5 Å². The van der Waals surface area contributed by atoms with E-state index in [1.807, 2.05) is 6.20 Å². The average Bonchev–Trinajstić information content (AvgIpc) is 3.45. The van der Waals surface area contributed by atoms with Crippen molar-refractivity contribution in [2.24, 2.45) is 0 Å². The monoisotopic (exact) mass is 449 g/mol. The van der Waals surface area contributed by atoms with E-state index in [-0.39, 0.29) is 29.4 Å². The first kappa shape index (κ1) is 21.1. The van der Waals surface area contributed by atoms with Crippen molar-refractivity contribution < 1.29 is 19.1 Å². The van der Waals surface area contributed by atoms with Gasteiger partial charge < -0.3 is 20.6 Å². The maximum atomic E-state index is 13.5. The molecule has 9 heteroatoms. The predicted molar refractivity (Wildman–Crippen MR) is 118 cm³/mol. The van der Waals surface area contributed by atoms with E-state index in [1.54, 1.807) is 52.2 Å². The van der Waals surface area contributed by atoms with Crippen LogP contribution in [0.3, 0.4) is 0 Å². The summed E-state index contributed by atoms with van der Waals surface area (Å²) in [5, 5.41) is 20.0. The van der Waals surface area contributed by atoms with Crippen molar-refractivity contribution in [1.82, 2.24) is 25.3 Å². The Bertz CT molecular complexity index is 1180. The summed E-state index contributed by atoms with van der Waals surface area (Å²) in [7, 11) is 0. The van der Waals surface area contributed by atoms with E-state index < -0.39 is 12.1 Å². The Balaban J connectivity index is 1.20. The Labute approximate surface area is 190 Å². The lowest BCUT2D eigenvalue weighted by molar-refractivity contribution is -0.147. The SMILES string of the molecule is O=C1N[C@H](Cc2ccc(O)cc2)C(=O)N2C[C@@H](NCc3cnn(-c4cccc(F)c4)c3)C[C@@H]12. The van der Waals surface area contributed by atoms with Gasteiger partial charge in [0.1, 0.15) is 23.7 Å². The molecule has 1 aromatic heterocycles. The number of hydrogen-bond donors (Lipinski definition) is 3. The van der Waals surface area contributed by atoms with Crippen LogP contribution in [0, 0.1) is 5.82 Å². The molecule has 33 heavy (non-hydrogen) atoms. The van der Waals surface area contributed by atoms with Crippen molar-refractivity contribution in [3.05, 3.63) is 77.9 Å². The third kappa shape index (κ3) is 4.45. The third-order valence-electron chi connectivity index (χ3n) is 6.18. The summed E-state index contributed by atoms with van der Waals surface area (Å²) < 4.78 is 15.1. The number of halogens is 1. The van der Waals surface area contributed by atoms with Gasteiger partial charge in [0.25, 0.3) is 0 Å². The van der Waals surface area contributed by atoms with Crippen molar-refractivity contribution in [2.75, 3.05) is 6.54 Å². The van der Waals surface area contributed by atoms with Crippen LogP contribution in [0.1, 0.15) is 17.5 Å². The van der Waals surface area contributed by atoms with Crippen LogP contribution < -0.4 is 10.6 Å². The number of phenolic OH excluding ortho intramolecular Hbond substituents is 1. The van der Waals surface area contributed by atoms with Gasteiger partial charge in [-0.15, -0.1) is 0 Å². The number of hydrogen-bond acceptors (Lipinski definition) is 5. The fourth-order valence-electron chi connectivity index (χ4n) is 4.49. The highest BCUT2D eigenvalue weighted by molar-refractivity contribution is 5.97. The second-order valence-corrected chi connectivity index (χ2v) is 8.52. The van der Waals surface area contributed by atoms with Gasteiger partial charge in [0.2, 0.25) is 11.8 Å². The van der Waals surface area contributed by atoms with E-state index in [4.69, 9.17) is 0 Å². The summed E-state index contributed by atoms with van der Waals surface area (Å²) in [6, 6.07) is 11.8. The number of aromatic hydroxyl groups is 1. The molecular weight excluding hydrogens is 425 g/mol. The molecule has 8 nitrogen and oxygen atoms in total. The second kappa shape index (κ2) is 8.67. The van der Waals surface area contributed by atoms with Gasteiger partial charge in [0.15, 0.2) is 0 Å². The summed E-state index contributed by atoms with van der Waals surface area (Å²) in [6.45, 7) is 0.980. The van der Waals surface area contributed by atoms with Crippen LogP contribution in [-0.4, -0.2) is 56.3 Å². The zero-order chi connectivity index (χ0) is 22.9. The van der Waals surface area contributed by atoms with E-state index in [9.17, 15) is 19.1 Å². The zero-order valence-electron chi connectivity index (χ0n) is 17.8. The van der Waals surface area contributed by atoms with Crippen LogP contribution >= 0.6 is 0 Å². The minimum Gasteiger partial charge on any atom is -0.508 e. The normalized spacial score (nSPS) is 22.3. The van der Waals surface area contributed by atoms with Gasteiger partial charge >= 0.3 is 0 Å². The van der Waals surface area contributed by atoms with Gasteiger partial charge in [0.05, 0.1) is 11.9 Å². The number of fused-ring (bicyclic) bond motifs is 1. The van der Waals surface area contributed by atoms with Gasteiger partial charge in [-0.2, -0.15) is 5.10 Å². The molecule has 170 valence electrons. The molecule has 3 atom stereocenters. The van der Waals surface area contributed by atoms with Gasteiger partial charge in [-0.1, -0.05) is 18.2 Å². The van der Waals surface area contributed by atoms with E-state index in [0.717, 1.165) is 11.1 Å².